The third-order valence-electron chi connectivity index (χ3n) is 6.22. The number of halogens is 1. The fraction of sp³-hybridized carbons (Fsp3) is 0.333. The molecule has 214 valence electrons. The number of hydrogen-bond acceptors (Lipinski definition) is 5. The van der Waals surface area contributed by atoms with Gasteiger partial charge in [-0.3, -0.25) is 13.9 Å². The molecule has 0 aliphatic carbocycles. The van der Waals surface area contributed by atoms with Crippen molar-refractivity contribution >= 4 is 27.5 Å². The van der Waals surface area contributed by atoms with E-state index in [1.54, 1.807) is 56.3 Å². The molecule has 0 saturated heterocycles. The summed E-state index contributed by atoms with van der Waals surface area (Å²) in [7, 11) is -4.20. The van der Waals surface area contributed by atoms with Crippen LogP contribution in [0.5, 0.6) is 5.75 Å². The van der Waals surface area contributed by atoms with Crippen LogP contribution < -0.4 is 14.4 Å². The smallest absolute Gasteiger partial charge is 0.264 e. The van der Waals surface area contributed by atoms with Gasteiger partial charge in [0.05, 0.1) is 17.2 Å². The Bertz CT molecular complexity index is 1410. The van der Waals surface area contributed by atoms with Gasteiger partial charge in [0.25, 0.3) is 10.0 Å². The molecule has 0 saturated carbocycles. The lowest BCUT2D eigenvalue weighted by Gasteiger charge is -2.32. The molecular weight excluding hydrogens is 533 g/mol. The number of ether oxygens (including phenoxy) is 1. The molecule has 1 atom stereocenters. The number of benzene rings is 3. The molecule has 0 fully saturated rings. The van der Waals surface area contributed by atoms with Crippen LogP contribution in [0.3, 0.4) is 0 Å². The number of amides is 2. The third-order valence-corrected chi connectivity index (χ3v) is 8.01. The van der Waals surface area contributed by atoms with Crippen LogP contribution in [-0.2, 0) is 26.2 Å². The maximum absolute atomic E-state index is 14.6. The van der Waals surface area contributed by atoms with Crippen LogP contribution in [-0.4, -0.2) is 50.4 Å². The predicted molar refractivity (Wildman–Crippen MR) is 153 cm³/mol. The Morgan fingerprint density at radius 2 is 1.57 bits per heavy atom. The largest absolute Gasteiger partial charge is 0.494 e. The average molecular weight is 570 g/mol. The van der Waals surface area contributed by atoms with Gasteiger partial charge in [-0.05, 0) is 77.1 Å². The minimum absolute atomic E-state index is 0.00559. The van der Waals surface area contributed by atoms with Crippen LogP contribution in [0.25, 0.3) is 0 Å². The molecule has 0 radical (unpaired) electrons. The Morgan fingerprint density at radius 1 is 0.950 bits per heavy atom. The van der Waals surface area contributed by atoms with Crippen molar-refractivity contribution in [1.82, 2.24) is 10.2 Å². The standard InChI is InChI=1S/C30H36FN3O5S/c1-6-39-26-15-13-25(14-16-26)34(40(37,38)27-17-11-22(4)12-18-27)20-29(35)33(23(5)30(36)32-21(2)3)19-24-9-7-8-10-28(24)31/h7-18,21,23H,6,19-20H2,1-5H3,(H,32,36)/t23-/m0/s1. The van der Waals surface area contributed by atoms with Crippen molar-refractivity contribution in [2.75, 3.05) is 17.5 Å². The number of nitrogens with zero attached hydrogens (tertiary/aromatic N) is 2. The van der Waals surface area contributed by atoms with Crippen molar-refractivity contribution < 1.29 is 27.1 Å². The molecule has 0 aliphatic heterocycles. The number of carbonyl (C=O) groups excluding carboxylic acids is 2. The number of nitrogens with one attached hydrogen (secondary N) is 1. The molecule has 2 amide bonds. The third kappa shape index (κ3) is 7.59. The monoisotopic (exact) mass is 569 g/mol. The Labute approximate surface area is 235 Å². The van der Waals surface area contributed by atoms with E-state index in [0.29, 0.717) is 12.4 Å². The zero-order valence-corrected chi connectivity index (χ0v) is 24.2. The van der Waals surface area contributed by atoms with Gasteiger partial charge in [-0.25, -0.2) is 12.8 Å². The van der Waals surface area contributed by atoms with E-state index in [4.69, 9.17) is 4.74 Å². The summed E-state index contributed by atoms with van der Waals surface area (Å²) in [6.07, 6.45) is 0. The van der Waals surface area contributed by atoms with Gasteiger partial charge in [0, 0.05) is 18.2 Å². The summed E-state index contributed by atoms with van der Waals surface area (Å²) in [6.45, 7) is 8.38. The molecule has 3 rings (SSSR count). The van der Waals surface area contributed by atoms with E-state index in [1.165, 1.54) is 42.2 Å². The lowest BCUT2D eigenvalue weighted by molar-refractivity contribution is -0.139. The molecule has 8 nitrogen and oxygen atoms in total. The zero-order valence-electron chi connectivity index (χ0n) is 23.4. The Balaban J connectivity index is 2.04. The summed E-state index contributed by atoms with van der Waals surface area (Å²) in [5.41, 5.74) is 1.32. The first kappa shape index (κ1) is 30.6. The molecule has 40 heavy (non-hydrogen) atoms. The van der Waals surface area contributed by atoms with Gasteiger partial charge in [0.15, 0.2) is 0 Å². The van der Waals surface area contributed by atoms with Crippen LogP contribution in [0.1, 0.15) is 38.8 Å². The highest BCUT2D eigenvalue weighted by atomic mass is 32.2. The number of aryl methyl sites for hydroxylation is 1. The Hall–Kier alpha value is -3.92. The first-order valence-corrected chi connectivity index (χ1v) is 14.5. The van der Waals surface area contributed by atoms with Gasteiger partial charge >= 0.3 is 0 Å². The van der Waals surface area contributed by atoms with Gasteiger partial charge in [-0.15, -0.1) is 0 Å². The van der Waals surface area contributed by atoms with Gasteiger partial charge in [-0.2, -0.15) is 0 Å². The second kappa shape index (κ2) is 13.4. The van der Waals surface area contributed by atoms with Crippen molar-refractivity contribution in [3.8, 4) is 5.75 Å². The van der Waals surface area contributed by atoms with Crippen LogP contribution in [0.15, 0.2) is 77.7 Å². The van der Waals surface area contributed by atoms with Crippen LogP contribution >= 0.6 is 0 Å². The normalized spacial score (nSPS) is 12.1. The fourth-order valence-corrected chi connectivity index (χ4v) is 5.45. The van der Waals surface area contributed by atoms with Crippen molar-refractivity contribution in [2.45, 2.75) is 58.1 Å². The van der Waals surface area contributed by atoms with E-state index >= 15 is 0 Å². The molecule has 0 aromatic heterocycles. The van der Waals surface area contributed by atoms with Crippen molar-refractivity contribution in [3.63, 3.8) is 0 Å². The van der Waals surface area contributed by atoms with E-state index in [9.17, 15) is 22.4 Å². The average Bonchev–Trinajstić information content (AvgIpc) is 2.91. The summed E-state index contributed by atoms with van der Waals surface area (Å²) >= 11 is 0. The molecule has 3 aromatic carbocycles. The molecule has 10 heteroatoms. The van der Waals surface area contributed by atoms with Crippen LogP contribution in [0, 0.1) is 12.7 Å². The van der Waals surface area contributed by atoms with E-state index in [1.807, 2.05) is 13.8 Å². The van der Waals surface area contributed by atoms with Gasteiger partial charge in [0.2, 0.25) is 11.8 Å². The molecular formula is C30H36FN3O5S. The fourth-order valence-electron chi connectivity index (χ4n) is 4.04. The van der Waals surface area contributed by atoms with Crippen molar-refractivity contribution in [2.24, 2.45) is 0 Å². The Morgan fingerprint density at radius 3 is 2.15 bits per heavy atom. The van der Waals surface area contributed by atoms with E-state index in [0.717, 1.165) is 9.87 Å². The molecule has 0 spiro atoms. The maximum atomic E-state index is 14.6. The molecule has 0 heterocycles. The summed E-state index contributed by atoms with van der Waals surface area (Å²) in [5, 5.41) is 2.77. The molecule has 3 aromatic rings. The van der Waals surface area contributed by atoms with Crippen LogP contribution in [0.4, 0.5) is 10.1 Å². The molecule has 1 N–H and O–H groups in total. The highest BCUT2D eigenvalue weighted by Gasteiger charge is 2.33. The van der Waals surface area contributed by atoms with Crippen LogP contribution in [0.2, 0.25) is 0 Å². The lowest BCUT2D eigenvalue weighted by atomic mass is 10.1. The number of sulfonamides is 1. The SMILES string of the molecule is CCOc1ccc(N(CC(=O)N(Cc2ccccc2F)[C@@H](C)C(=O)NC(C)C)S(=O)(=O)c2ccc(C)cc2)cc1. The molecule has 0 aliphatic rings. The number of rotatable bonds is 12. The molecule has 0 unspecified atom stereocenters. The molecule has 0 bridgehead atoms. The number of carbonyl (C=O) groups is 2. The van der Waals surface area contributed by atoms with E-state index in [-0.39, 0.29) is 28.7 Å². The number of anilines is 1. The van der Waals surface area contributed by atoms with Gasteiger partial charge in [0.1, 0.15) is 24.2 Å². The number of hydrogen-bond donors (Lipinski definition) is 1. The van der Waals surface area contributed by atoms with Crippen molar-refractivity contribution in [3.05, 3.63) is 89.7 Å². The quantitative estimate of drug-likeness (QED) is 0.342. The second-order valence-corrected chi connectivity index (χ2v) is 11.6. The summed E-state index contributed by atoms with van der Waals surface area (Å²) in [6, 6.07) is 17.4. The lowest BCUT2D eigenvalue weighted by Crippen LogP contribution is -2.52. The first-order chi connectivity index (χ1) is 18.9. The highest BCUT2D eigenvalue weighted by Crippen LogP contribution is 2.27. The summed E-state index contributed by atoms with van der Waals surface area (Å²) in [5.74, 6) is -1.09. The van der Waals surface area contributed by atoms with Gasteiger partial charge < -0.3 is 15.0 Å². The van der Waals surface area contributed by atoms with Crippen molar-refractivity contribution in [1.29, 1.82) is 0 Å². The van der Waals surface area contributed by atoms with Gasteiger partial charge in [-0.1, -0.05) is 35.9 Å². The zero-order chi connectivity index (χ0) is 29.4. The summed E-state index contributed by atoms with van der Waals surface area (Å²) in [4.78, 5) is 28.0. The minimum Gasteiger partial charge on any atom is -0.494 e. The topological polar surface area (TPSA) is 96.0 Å². The summed E-state index contributed by atoms with van der Waals surface area (Å²) < 4.78 is 48.8. The predicted octanol–water partition coefficient (Wildman–Crippen LogP) is 4.67. The first-order valence-electron chi connectivity index (χ1n) is 13.1. The van der Waals surface area contributed by atoms with E-state index in [2.05, 4.69) is 5.32 Å². The van der Waals surface area contributed by atoms with E-state index < -0.39 is 40.2 Å². The second-order valence-electron chi connectivity index (χ2n) is 9.70. The highest BCUT2D eigenvalue weighted by molar-refractivity contribution is 7.92. The minimum atomic E-state index is -4.20. The Kier molecular flexibility index (Phi) is 10.3. The maximum Gasteiger partial charge on any atom is 0.264 e.